The van der Waals surface area contributed by atoms with Crippen LogP contribution in [0.4, 0.5) is 0 Å². The molecule has 0 saturated carbocycles. The number of hydrogen-bond donors (Lipinski definition) is 1. The molecule has 1 N–H and O–H groups in total. The third-order valence-corrected chi connectivity index (χ3v) is 11.7. The molecule has 1 saturated heterocycles. The van der Waals surface area contributed by atoms with Crippen molar-refractivity contribution >= 4 is 25.7 Å². The van der Waals surface area contributed by atoms with Crippen molar-refractivity contribution in [1.82, 2.24) is 5.48 Å². The van der Waals surface area contributed by atoms with Gasteiger partial charge >= 0.3 is 8.80 Å². The zero-order valence-electron chi connectivity index (χ0n) is 26.2. The van der Waals surface area contributed by atoms with Crippen LogP contribution >= 0.6 is 11.8 Å². The average Bonchev–Trinajstić information content (AvgIpc) is 2.92. The summed E-state index contributed by atoms with van der Waals surface area (Å²) in [6, 6.07) is 0.770. The van der Waals surface area contributed by atoms with Gasteiger partial charge in [0.1, 0.15) is 0 Å². The van der Waals surface area contributed by atoms with Crippen LogP contribution in [0.3, 0.4) is 0 Å². The molecule has 0 aliphatic carbocycles. The van der Waals surface area contributed by atoms with Crippen LogP contribution in [0.25, 0.3) is 0 Å². The van der Waals surface area contributed by atoms with Gasteiger partial charge in [0.15, 0.2) is 5.12 Å². The zero-order valence-corrected chi connectivity index (χ0v) is 28.0. The second kappa shape index (κ2) is 26.9. The normalized spacial score (nSPS) is 20.1. The van der Waals surface area contributed by atoms with Gasteiger partial charge in [-0.3, -0.25) is 9.32 Å². The van der Waals surface area contributed by atoms with Crippen molar-refractivity contribution in [3.63, 3.8) is 0 Å². The monoisotopic (exact) mass is 587 g/mol. The predicted molar refractivity (Wildman–Crippen MR) is 171 cm³/mol. The molecule has 0 bridgehead atoms. The Morgan fingerprint density at radius 1 is 0.795 bits per heavy atom. The van der Waals surface area contributed by atoms with Crippen LogP contribution in [0.1, 0.15) is 162 Å². The fourth-order valence-electron chi connectivity index (χ4n) is 5.36. The maximum atomic E-state index is 11.9. The molecule has 0 amide bonds. The summed E-state index contributed by atoms with van der Waals surface area (Å²) in [5.74, 6) is 1.43. The van der Waals surface area contributed by atoms with E-state index in [0.717, 1.165) is 50.6 Å². The minimum Gasteiger partial charge on any atom is -0.373 e. The number of carbonyl (C=O) groups excluding carboxylic acids is 1. The molecule has 0 aromatic carbocycles. The summed E-state index contributed by atoms with van der Waals surface area (Å²) in [5.41, 5.74) is 3.23. The standard InChI is InChI=1S/C32H65NO4SSi/c1-4-7-9-10-11-12-13-14-15-16-17-18-19-20-21-22-24-31-26-27-36-39(35-6-3,37-33-30-31)29-23-28-38-32(34)25-8-5-2/h31,33H,4-30H2,1-3H3. The number of hydroxylamine groups is 1. The molecule has 0 aromatic rings. The van der Waals surface area contributed by atoms with E-state index in [4.69, 9.17) is 13.4 Å². The maximum absolute atomic E-state index is 11.9. The topological polar surface area (TPSA) is 56.8 Å². The van der Waals surface area contributed by atoms with Crippen LogP contribution in [0, 0.1) is 5.92 Å². The highest BCUT2D eigenvalue weighted by Crippen LogP contribution is 2.24. The zero-order chi connectivity index (χ0) is 28.3. The van der Waals surface area contributed by atoms with Crippen LogP contribution in [-0.4, -0.2) is 39.4 Å². The van der Waals surface area contributed by atoms with E-state index < -0.39 is 8.80 Å². The van der Waals surface area contributed by atoms with Gasteiger partial charge in [0.2, 0.25) is 0 Å². The Morgan fingerprint density at radius 3 is 1.92 bits per heavy atom. The SMILES string of the molecule is CCCCCCCCCCCCCCCCCCC1CCO[Si](CCCSC(=O)CCCC)(OCC)ONC1. The minimum absolute atomic E-state index is 0.304. The van der Waals surface area contributed by atoms with Gasteiger partial charge in [-0.1, -0.05) is 135 Å². The molecule has 2 unspecified atom stereocenters. The first-order valence-corrected chi connectivity index (χ1v) is 19.9. The fraction of sp³-hybridized carbons (Fsp3) is 0.969. The van der Waals surface area contributed by atoms with Crippen molar-refractivity contribution in [2.75, 3.05) is 25.5 Å². The molecule has 1 aliphatic heterocycles. The molecule has 0 aromatic heterocycles. The summed E-state index contributed by atoms with van der Waals surface area (Å²) in [7, 11) is -2.70. The van der Waals surface area contributed by atoms with Gasteiger partial charge in [-0.2, -0.15) is 0 Å². The van der Waals surface area contributed by atoms with Gasteiger partial charge in [0.25, 0.3) is 0 Å². The Hall–Kier alpha value is 0.0769. The second-order valence-corrected chi connectivity index (χ2v) is 15.4. The number of hydrogen-bond acceptors (Lipinski definition) is 6. The Kier molecular flexibility index (Phi) is 25.6. The predicted octanol–water partition coefficient (Wildman–Crippen LogP) is 10.0. The van der Waals surface area contributed by atoms with E-state index in [0.29, 0.717) is 24.1 Å². The molecule has 39 heavy (non-hydrogen) atoms. The molecule has 232 valence electrons. The van der Waals surface area contributed by atoms with Crippen LogP contribution in [0.15, 0.2) is 0 Å². The number of unbranched alkanes of at least 4 members (excludes halogenated alkanes) is 16. The third-order valence-electron chi connectivity index (χ3n) is 7.90. The first kappa shape index (κ1) is 37.1. The molecular weight excluding hydrogens is 523 g/mol. The summed E-state index contributed by atoms with van der Waals surface area (Å²) in [6.45, 7) is 8.62. The minimum atomic E-state index is -2.70. The summed E-state index contributed by atoms with van der Waals surface area (Å²) in [4.78, 5) is 11.9. The molecule has 1 heterocycles. The van der Waals surface area contributed by atoms with Crippen molar-refractivity contribution in [3.8, 4) is 0 Å². The first-order valence-electron chi connectivity index (χ1n) is 17.0. The quantitative estimate of drug-likeness (QED) is 0.0802. The Balaban J connectivity index is 2.02. The van der Waals surface area contributed by atoms with Gasteiger partial charge in [-0.05, 0) is 38.5 Å². The molecule has 1 aliphatic rings. The molecule has 7 heteroatoms. The highest BCUT2D eigenvalue weighted by Gasteiger charge is 2.42. The van der Waals surface area contributed by atoms with Crippen LogP contribution in [0.2, 0.25) is 6.04 Å². The van der Waals surface area contributed by atoms with Crippen LogP contribution in [0.5, 0.6) is 0 Å². The lowest BCUT2D eigenvalue weighted by molar-refractivity contribution is -0.111. The van der Waals surface area contributed by atoms with Crippen molar-refractivity contribution < 1.29 is 18.2 Å². The smallest absolute Gasteiger partial charge is 0.373 e. The van der Waals surface area contributed by atoms with Gasteiger partial charge in [0.05, 0.1) is 0 Å². The van der Waals surface area contributed by atoms with E-state index in [1.807, 2.05) is 6.92 Å². The van der Waals surface area contributed by atoms with Crippen LogP contribution in [-0.2, 0) is 18.2 Å². The summed E-state index contributed by atoms with van der Waals surface area (Å²) < 4.78 is 18.4. The van der Waals surface area contributed by atoms with E-state index in [1.165, 1.54) is 121 Å². The van der Waals surface area contributed by atoms with Gasteiger partial charge < -0.3 is 8.85 Å². The highest BCUT2D eigenvalue weighted by molar-refractivity contribution is 8.13. The lowest BCUT2D eigenvalue weighted by Gasteiger charge is -2.33. The number of nitrogens with one attached hydrogen (secondary N) is 1. The van der Waals surface area contributed by atoms with Crippen molar-refractivity contribution in [2.45, 2.75) is 168 Å². The van der Waals surface area contributed by atoms with Crippen molar-refractivity contribution in [2.24, 2.45) is 5.92 Å². The van der Waals surface area contributed by atoms with E-state index >= 15 is 0 Å². The van der Waals surface area contributed by atoms with E-state index in [9.17, 15) is 4.79 Å². The highest BCUT2D eigenvalue weighted by atomic mass is 32.2. The molecule has 2 atom stereocenters. The van der Waals surface area contributed by atoms with Gasteiger partial charge in [-0.15, -0.1) is 0 Å². The van der Waals surface area contributed by atoms with Crippen molar-refractivity contribution in [1.29, 1.82) is 0 Å². The maximum Gasteiger partial charge on any atom is 0.517 e. The number of carbonyl (C=O) groups is 1. The second-order valence-electron chi connectivity index (χ2n) is 11.6. The first-order chi connectivity index (χ1) is 19.2. The summed E-state index contributed by atoms with van der Waals surface area (Å²) in [6.07, 6.45) is 28.6. The van der Waals surface area contributed by atoms with Gasteiger partial charge in [-0.25, -0.2) is 5.48 Å². The van der Waals surface area contributed by atoms with E-state index in [-0.39, 0.29) is 0 Å². The molecule has 0 spiro atoms. The lowest BCUT2D eigenvalue weighted by atomic mass is 9.97. The number of thioether (sulfide) groups is 1. The molecule has 0 radical (unpaired) electrons. The molecular formula is C32H65NO4SSi. The number of rotatable bonds is 26. The molecule has 1 fully saturated rings. The lowest BCUT2D eigenvalue weighted by Crippen LogP contribution is -2.52. The largest absolute Gasteiger partial charge is 0.517 e. The van der Waals surface area contributed by atoms with E-state index in [2.05, 4.69) is 19.3 Å². The summed E-state index contributed by atoms with van der Waals surface area (Å²) >= 11 is 1.45. The average molecular weight is 588 g/mol. The molecule has 1 rings (SSSR count). The Bertz CT molecular complexity index is 544. The summed E-state index contributed by atoms with van der Waals surface area (Å²) in [5, 5.41) is 0.304. The van der Waals surface area contributed by atoms with Gasteiger partial charge in [0, 0.05) is 38.0 Å². The van der Waals surface area contributed by atoms with E-state index in [1.54, 1.807) is 0 Å². The third kappa shape index (κ3) is 21.4. The Morgan fingerprint density at radius 2 is 1.36 bits per heavy atom. The van der Waals surface area contributed by atoms with Crippen LogP contribution < -0.4 is 5.48 Å². The molecule has 5 nitrogen and oxygen atoms in total. The fourth-order valence-corrected chi connectivity index (χ4v) is 8.80. The Labute approximate surface area is 248 Å². The van der Waals surface area contributed by atoms with Crippen molar-refractivity contribution in [3.05, 3.63) is 0 Å².